The molecule has 0 spiro atoms. The van der Waals surface area contributed by atoms with Gasteiger partial charge in [-0.2, -0.15) is 0 Å². The van der Waals surface area contributed by atoms with Gasteiger partial charge < -0.3 is 9.47 Å². The van der Waals surface area contributed by atoms with E-state index in [9.17, 15) is 4.79 Å². The summed E-state index contributed by atoms with van der Waals surface area (Å²) in [4.78, 5) is 19.4. The minimum atomic E-state index is -0.145. The summed E-state index contributed by atoms with van der Waals surface area (Å²) >= 11 is 12.2. The average Bonchev–Trinajstić information content (AvgIpc) is 3.07. The van der Waals surface area contributed by atoms with Crippen LogP contribution in [-0.2, 0) is 13.1 Å². The second-order valence-electron chi connectivity index (χ2n) is 7.57. The van der Waals surface area contributed by atoms with Crippen molar-refractivity contribution in [2.45, 2.75) is 20.0 Å². The molecule has 0 aliphatic carbocycles. The van der Waals surface area contributed by atoms with Gasteiger partial charge in [0, 0.05) is 36.5 Å². The van der Waals surface area contributed by atoms with Crippen LogP contribution in [0.1, 0.15) is 32.7 Å². The molecule has 0 fully saturated rings. The first-order chi connectivity index (χ1) is 15.0. The molecule has 0 unspecified atom stereocenters. The largest absolute Gasteiger partial charge is 0.477 e. The highest BCUT2D eigenvalue weighted by atomic mass is 35.5. The van der Waals surface area contributed by atoms with E-state index < -0.39 is 0 Å². The predicted octanol–water partition coefficient (Wildman–Crippen LogP) is 5.67. The Hall–Kier alpha value is -2.86. The van der Waals surface area contributed by atoms with Gasteiger partial charge in [0.15, 0.2) is 5.76 Å². The molecule has 2 aliphatic rings. The standard InChI is InChI=1S/C24H18Cl2N2O3/c1-14-23-16(12-28(13-30-23)11-15-5-6-19(25)20(26)8-15)9-18-22(29)21(31-24(14)18)10-17-4-2-3-7-27-17/h2-10H,11-13H2,1H3/b21-10-. The van der Waals surface area contributed by atoms with Gasteiger partial charge in [-0.3, -0.25) is 14.7 Å². The molecule has 0 saturated heterocycles. The van der Waals surface area contributed by atoms with Gasteiger partial charge in [-0.05, 0) is 42.8 Å². The zero-order valence-electron chi connectivity index (χ0n) is 16.7. The van der Waals surface area contributed by atoms with Crippen molar-refractivity contribution in [2.75, 3.05) is 6.73 Å². The van der Waals surface area contributed by atoms with Gasteiger partial charge in [0.25, 0.3) is 0 Å². The van der Waals surface area contributed by atoms with Crippen LogP contribution in [0.5, 0.6) is 11.5 Å². The summed E-state index contributed by atoms with van der Waals surface area (Å²) < 4.78 is 12.0. The Bertz CT molecular complexity index is 1230. The normalized spacial score (nSPS) is 16.6. The lowest BCUT2D eigenvalue weighted by atomic mass is 10.00. The number of ketones is 1. The van der Waals surface area contributed by atoms with Gasteiger partial charge in [0.2, 0.25) is 5.78 Å². The molecule has 2 aromatic carbocycles. The fourth-order valence-electron chi connectivity index (χ4n) is 3.89. The molecule has 1 aromatic heterocycles. The number of pyridine rings is 1. The number of hydrogen-bond acceptors (Lipinski definition) is 5. The van der Waals surface area contributed by atoms with Crippen LogP contribution < -0.4 is 9.47 Å². The third-order valence-corrected chi connectivity index (χ3v) is 6.10. The Labute approximate surface area is 189 Å². The zero-order valence-corrected chi connectivity index (χ0v) is 18.2. The highest BCUT2D eigenvalue weighted by molar-refractivity contribution is 6.42. The molecule has 3 aromatic rings. The quantitative estimate of drug-likeness (QED) is 0.479. The van der Waals surface area contributed by atoms with Gasteiger partial charge >= 0.3 is 0 Å². The van der Waals surface area contributed by atoms with E-state index in [1.807, 2.05) is 43.3 Å². The molecule has 0 N–H and O–H groups in total. The van der Waals surface area contributed by atoms with Crippen LogP contribution in [-0.4, -0.2) is 22.4 Å². The number of ether oxygens (including phenoxy) is 2. The highest BCUT2D eigenvalue weighted by Gasteiger charge is 2.33. The summed E-state index contributed by atoms with van der Waals surface area (Å²) in [6, 6.07) is 13.0. The number of aromatic nitrogens is 1. The molecule has 0 amide bonds. The van der Waals surface area contributed by atoms with E-state index in [0.717, 1.165) is 22.4 Å². The first-order valence-electron chi connectivity index (χ1n) is 9.80. The maximum absolute atomic E-state index is 13.0. The molecule has 0 saturated carbocycles. The molecule has 5 nitrogen and oxygen atoms in total. The van der Waals surface area contributed by atoms with E-state index in [1.165, 1.54) is 0 Å². The summed E-state index contributed by atoms with van der Waals surface area (Å²) in [5, 5.41) is 1.06. The smallest absolute Gasteiger partial charge is 0.232 e. The minimum absolute atomic E-state index is 0.145. The summed E-state index contributed by atoms with van der Waals surface area (Å²) in [5.74, 6) is 1.46. The first-order valence-corrected chi connectivity index (χ1v) is 10.6. The van der Waals surface area contributed by atoms with E-state index >= 15 is 0 Å². The number of carbonyl (C=O) groups excluding carboxylic acids is 1. The Morgan fingerprint density at radius 3 is 2.77 bits per heavy atom. The monoisotopic (exact) mass is 452 g/mol. The SMILES string of the molecule is Cc1c2c(cc3c1O/C(=C\c1ccccn1)C3=O)CN(Cc1ccc(Cl)c(Cl)c1)CO2. The van der Waals surface area contributed by atoms with Crippen LogP contribution in [0.2, 0.25) is 10.0 Å². The number of nitrogens with zero attached hydrogens (tertiary/aromatic N) is 2. The second kappa shape index (κ2) is 8.00. The van der Waals surface area contributed by atoms with Gasteiger partial charge in [-0.1, -0.05) is 35.3 Å². The Morgan fingerprint density at radius 2 is 2.00 bits per heavy atom. The number of hydrogen-bond donors (Lipinski definition) is 0. The van der Waals surface area contributed by atoms with Crippen molar-refractivity contribution in [1.82, 2.24) is 9.88 Å². The first kappa shape index (κ1) is 20.1. The van der Waals surface area contributed by atoms with Crippen molar-refractivity contribution < 1.29 is 14.3 Å². The molecule has 156 valence electrons. The maximum Gasteiger partial charge on any atom is 0.232 e. The topological polar surface area (TPSA) is 51.7 Å². The van der Waals surface area contributed by atoms with E-state index in [-0.39, 0.29) is 11.5 Å². The van der Waals surface area contributed by atoms with Crippen molar-refractivity contribution in [3.05, 3.63) is 92.4 Å². The third-order valence-electron chi connectivity index (χ3n) is 5.36. The second-order valence-corrected chi connectivity index (χ2v) is 8.38. The molecule has 0 bridgehead atoms. The van der Waals surface area contributed by atoms with Gasteiger partial charge in [-0.15, -0.1) is 0 Å². The van der Waals surface area contributed by atoms with Crippen molar-refractivity contribution in [3.8, 4) is 11.5 Å². The van der Waals surface area contributed by atoms with Crippen LogP contribution in [0.25, 0.3) is 6.08 Å². The number of fused-ring (bicyclic) bond motifs is 2. The lowest BCUT2D eigenvalue weighted by molar-refractivity contribution is 0.0876. The maximum atomic E-state index is 13.0. The van der Waals surface area contributed by atoms with E-state index in [0.29, 0.717) is 46.9 Å². The number of halogens is 2. The van der Waals surface area contributed by atoms with Crippen LogP contribution in [0, 0.1) is 6.92 Å². The lowest BCUT2D eigenvalue weighted by Crippen LogP contribution is -2.32. The molecule has 7 heteroatoms. The lowest BCUT2D eigenvalue weighted by Gasteiger charge is -2.30. The molecular weight excluding hydrogens is 435 g/mol. The number of allylic oxidation sites excluding steroid dienone is 1. The van der Waals surface area contributed by atoms with Gasteiger partial charge in [0.05, 0.1) is 21.3 Å². The van der Waals surface area contributed by atoms with Gasteiger partial charge in [-0.25, -0.2) is 0 Å². The van der Waals surface area contributed by atoms with E-state index in [1.54, 1.807) is 18.3 Å². The Balaban J connectivity index is 1.41. The zero-order chi connectivity index (χ0) is 21.5. The minimum Gasteiger partial charge on any atom is -0.477 e. The van der Waals surface area contributed by atoms with Crippen molar-refractivity contribution in [1.29, 1.82) is 0 Å². The summed E-state index contributed by atoms with van der Waals surface area (Å²) in [7, 11) is 0. The predicted molar refractivity (Wildman–Crippen MR) is 120 cm³/mol. The molecule has 5 rings (SSSR count). The van der Waals surface area contributed by atoms with Crippen molar-refractivity contribution in [3.63, 3.8) is 0 Å². The Morgan fingerprint density at radius 1 is 1.13 bits per heavy atom. The summed E-state index contributed by atoms with van der Waals surface area (Å²) in [6.45, 7) is 3.65. The molecule has 2 aliphatic heterocycles. The number of carbonyl (C=O) groups is 1. The molecule has 3 heterocycles. The Kier molecular flexibility index (Phi) is 5.18. The van der Waals surface area contributed by atoms with Crippen LogP contribution in [0.3, 0.4) is 0 Å². The number of benzene rings is 2. The summed E-state index contributed by atoms with van der Waals surface area (Å²) in [6.07, 6.45) is 3.34. The fourth-order valence-corrected chi connectivity index (χ4v) is 4.21. The third kappa shape index (κ3) is 3.81. The average molecular weight is 453 g/mol. The molecular formula is C24H18Cl2N2O3. The van der Waals surface area contributed by atoms with Crippen LogP contribution in [0.15, 0.2) is 54.4 Å². The van der Waals surface area contributed by atoms with Crippen molar-refractivity contribution >= 4 is 35.1 Å². The number of Topliss-reactive ketones (excluding diaryl/α,β-unsaturated/α-hetero) is 1. The fraction of sp³-hybridized carbons (Fsp3) is 0.167. The van der Waals surface area contributed by atoms with Crippen LogP contribution >= 0.6 is 23.2 Å². The van der Waals surface area contributed by atoms with E-state index in [4.69, 9.17) is 32.7 Å². The summed E-state index contributed by atoms with van der Waals surface area (Å²) in [5.41, 5.74) is 4.06. The molecule has 31 heavy (non-hydrogen) atoms. The van der Waals surface area contributed by atoms with Crippen LogP contribution in [0.4, 0.5) is 0 Å². The number of rotatable bonds is 3. The molecule has 0 atom stereocenters. The molecule has 0 radical (unpaired) electrons. The highest BCUT2D eigenvalue weighted by Crippen LogP contribution is 2.43. The van der Waals surface area contributed by atoms with Crippen molar-refractivity contribution in [2.24, 2.45) is 0 Å². The van der Waals surface area contributed by atoms with E-state index in [2.05, 4.69) is 9.88 Å². The van der Waals surface area contributed by atoms with Gasteiger partial charge in [0.1, 0.15) is 18.2 Å².